The fraction of sp³-hybridized carbons (Fsp3) is 0.625. The van der Waals surface area contributed by atoms with Crippen molar-refractivity contribution in [2.45, 2.75) is 49.6 Å². The van der Waals surface area contributed by atoms with Crippen molar-refractivity contribution in [2.24, 2.45) is 5.92 Å². The Balaban J connectivity index is 1.90. The summed E-state index contributed by atoms with van der Waals surface area (Å²) >= 11 is 0. The van der Waals surface area contributed by atoms with Crippen molar-refractivity contribution in [1.82, 2.24) is 9.62 Å². The number of piperidine rings is 1. The van der Waals surface area contributed by atoms with Gasteiger partial charge < -0.3 is 5.32 Å². The smallest absolute Gasteiger partial charge is 0.243 e. The van der Waals surface area contributed by atoms with Crippen LogP contribution in [0.3, 0.4) is 0 Å². The molecule has 1 saturated heterocycles. The molecular weight excluding hydrogens is 284 g/mol. The van der Waals surface area contributed by atoms with Crippen LogP contribution in [0.25, 0.3) is 0 Å². The fourth-order valence-electron chi connectivity index (χ4n) is 3.86. The van der Waals surface area contributed by atoms with Gasteiger partial charge in [-0.1, -0.05) is 18.6 Å². The lowest BCUT2D eigenvalue weighted by atomic mass is 9.94. The molecule has 0 spiro atoms. The highest BCUT2D eigenvalue weighted by molar-refractivity contribution is 7.89. The van der Waals surface area contributed by atoms with Crippen molar-refractivity contribution in [3.63, 3.8) is 0 Å². The van der Waals surface area contributed by atoms with E-state index in [4.69, 9.17) is 0 Å². The number of fused-ring (bicyclic) bond motifs is 1. The highest BCUT2D eigenvalue weighted by Crippen LogP contribution is 2.39. The minimum atomic E-state index is -3.35. The molecule has 2 unspecified atom stereocenters. The maximum Gasteiger partial charge on any atom is 0.243 e. The molecule has 1 aliphatic carbocycles. The number of rotatable bonds is 4. The van der Waals surface area contributed by atoms with E-state index < -0.39 is 10.0 Å². The van der Waals surface area contributed by atoms with Crippen molar-refractivity contribution in [1.29, 1.82) is 0 Å². The van der Waals surface area contributed by atoms with E-state index in [-0.39, 0.29) is 6.04 Å². The first-order valence-electron chi connectivity index (χ1n) is 7.88. The van der Waals surface area contributed by atoms with Crippen molar-refractivity contribution in [2.75, 3.05) is 13.6 Å². The van der Waals surface area contributed by atoms with Crippen LogP contribution in [0, 0.1) is 5.92 Å². The molecule has 2 fully saturated rings. The second-order valence-electron chi connectivity index (χ2n) is 6.19. The Morgan fingerprint density at radius 2 is 2.05 bits per heavy atom. The standard InChI is InChI=1S/C16H24N2O2S/c1-17-12-13-5-2-8-15(11-13)21(19,20)18-10-4-7-14-6-3-9-16(14)18/h2,5,8,11,14,16-17H,3-4,6-7,9-10,12H2,1H3. The van der Waals surface area contributed by atoms with Crippen LogP contribution in [0.4, 0.5) is 0 Å². The van der Waals surface area contributed by atoms with E-state index in [2.05, 4.69) is 5.32 Å². The van der Waals surface area contributed by atoms with Crippen LogP contribution < -0.4 is 5.32 Å². The predicted molar refractivity (Wildman–Crippen MR) is 83.5 cm³/mol. The largest absolute Gasteiger partial charge is 0.316 e. The molecule has 3 rings (SSSR count). The van der Waals surface area contributed by atoms with Crippen molar-refractivity contribution in [3.8, 4) is 0 Å². The van der Waals surface area contributed by atoms with Crippen molar-refractivity contribution in [3.05, 3.63) is 29.8 Å². The number of benzene rings is 1. The highest BCUT2D eigenvalue weighted by atomic mass is 32.2. The molecular formula is C16H24N2O2S. The van der Waals surface area contributed by atoms with Gasteiger partial charge in [0.1, 0.15) is 0 Å². The Labute approximate surface area is 127 Å². The van der Waals surface area contributed by atoms with Crippen LogP contribution in [0.15, 0.2) is 29.2 Å². The number of sulfonamides is 1. The van der Waals surface area contributed by atoms with Crippen LogP contribution in [-0.4, -0.2) is 32.4 Å². The quantitative estimate of drug-likeness (QED) is 0.929. The molecule has 2 aliphatic rings. The van der Waals surface area contributed by atoms with Gasteiger partial charge in [0.25, 0.3) is 0 Å². The van der Waals surface area contributed by atoms with E-state index in [1.807, 2.05) is 25.2 Å². The Bertz CT molecular complexity index is 600. The molecule has 1 saturated carbocycles. The van der Waals surface area contributed by atoms with Crippen LogP contribution in [-0.2, 0) is 16.6 Å². The number of nitrogens with one attached hydrogen (secondary N) is 1. The van der Waals surface area contributed by atoms with Gasteiger partial charge in [-0.15, -0.1) is 0 Å². The summed E-state index contributed by atoms with van der Waals surface area (Å²) in [4.78, 5) is 0.447. The maximum atomic E-state index is 13.0. The van der Waals surface area contributed by atoms with Gasteiger partial charge in [-0.25, -0.2) is 8.42 Å². The molecule has 116 valence electrons. The minimum absolute atomic E-state index is 0.233. The van der Waals surface area contributed by atoms with Crippen LogP contribution in [0.5, 0.6) is 0 Å². The number of nitrogens with zero attached hydrogens (tertiary/aromatic N) is 1. The third-order valence-electron chi connectivity index (χ3n) is 4.83. The summed E-state index contributed by atoms with van der Waals surface area (Å²) in [5.41, 5.74) is 1.01. The van der Waals surface area contributed by atoms with Gasteiger partial charge in [-0.3, -0.25) is 0 Å². The number of hydrogen-bond acceptors (Lipinski definition) is 3. The first-order chi connectivity index (χ1) is 10.1. The zero-order valence-electron chi connectivity index (χ0n) is 12.6. The Morgan fingerprint density at radius 1 is 1.24 bits per heavy atom. The molecule has 1 aromatic carbocycles. The molecule has 1 aromatic rings. The first kappa shape index (κ1) is 15.0. The van der Waals surface area contributed by atoms with Gasteiger partial charge in [0.15, 0.2) is 0 Å². The molecule has 0 radical (unpaired) electrons. The van der Waals surface area contributed by atoms with Gasteiger partial charge in [-0.05, 0) is 56.3 Å². The predicted octanol–water partition coefficient (Wildman–Crippen LogP) is 2.36. The second-order valence-corrected chi connectivity index (χ2v) is 8.08. The Morgan fingerprint density at radius 3 is 2.86 bits per heavy atom. The SMILES string of the molecule is CNCc1cccc(S(=O)(=O)N2CCCC3CCCC32)c1. The van der Waals surface area contributed by atoms with Crippen LogP contribution >= 0.6 is 0 Å². The summed E-state index contributed by atoms with van der Waals surface area (Å²) in [5.74, 6) is 0.578. The lowest BCUT2D eigenvalue weighted by molar-refractivity contribution is 0.202. The van der Waals surface area contributed by atoms with E-state index in [1.54, 1.807) is 10.4 Å². The van der Waals surface area contributed by atoms with E-state index in [1.165, 1.54) is 19.3 Å². The van der Waals surface area contributed by atoms with Gasteiger partial charge in [-0.2, -0.15) is 4.31 Å². The average molecular weight is 308 g/mol. The Hall–Kier alpha value is -0.910. The molecule has 1 aliphatic heterocycles. The highest BCUT2D eigenvalue weighted by Gasteiger charge is 2.41. The molecule has 21 heavy (non-hydrogen) atoms. The summed E-state index contributed by atoms with van der Waals surface area (Å²) in [5, 5.41) is 3.07. The van der Waals surface area contributed by atoms with Crippen molar-refractivity contribution < 1.29 is 8.42 Å². The fourth-order valence-corrected chi connectivity index (χ4v) is 5.69. The summed E-state index contributed by atoms with van der Waals surface area (Å²) < 4.78 is 27.8. The minimum Gasteiger partial charge on any atom is -0.316 e. The first-order valence-corrected chi connectivity index (χ1v) is 9.32. The van der Waals surface area contributed by atoms with E-state index in [0.717, 1.165) is 18.4 Å². The second kappa shape index (κ2) is 6.07. The molecule has 5 heteroatoms. The van der Waals surface area contributed by atoms with Gasteiger partial charge >= 0.3 is 0 Å². The third-order valence-corrected chi connectivity index (χ3v) is 6.75. The zero-order valence-corrected chi connectivity index (χ0v) is 13.4. The summed E-state index contributed by atoms with van der Waals surface area (Å²) in [7, 11) is -1.48. The van der Waals surface area contributed by atoms with Gasteiger partial charge in [0, 0.05) is 19.1 Å². The maximum absolute atomic E-state index is 13.0. The molecule has 4 nitrogen and oxygen atoms in total. The topological polar surface area (TPSA) is 49.4 Å². The monoisotopic (exact) mass is 308 g/mol. The zero-order chi connectivity index (χ0) is 14.9. The summed E-state index contributed by atoms with van der Waals surface area (Å²) in [6.45, 7) is 1.37. The lowest BCUT2D eigenvalue weighted by Gasteiger charge is -2.36. The van der Waals surface area contributed by atoms with Crippen molar-refractivity contribution >= 4 is 10.0 Å². The molecule has 0 bridgehead atoms. The summed E-state index contributed by atoms with van der Waals surface area (Å²) in [6, 6.07) is 7.58. The van der Waals surface area contributed by atoms with E-state index >= 15 is 0 Å². The molecule has 1 N–H and O–H groups in total. The summed E-state index contributed by atoms with van der Waals surface area (Å²) in [6.07, 6.45) is 5.57. The molecule has 1 heterocycles. The van der Waals surface area contributed by atoms with Crippen LogP contribution in [0.1, 0.15) is 37.7 Å². The Kier molecular flexibility index (Phi) is 4.33. The average Bonchev–Trinajstić information content (AvgIpc) is 2.96. The normalized spacial score (nSPS) is 26.7. The molecule has 0 amide bonds. The number of hydrogen-bond donors (Lipinski definition) is 1. The third kappa shape index (κ3) is 2.87. The van der Waals surface area contributed by atoms with Gasteiger partial charge in [0.2, 0.25) is 10.0 Å². The van der Waals surface area contributed by atoms with E-state index in [0.29, 0.717) is 23.9 Å². The lowest BCUT2D eigenvalue weighted by Crippen LogP contribution is -2.46. The molecule has 0 aromatic heterocycles. The molecule has 2 atom stereocenters. The van der Waals surface area contributed by atoms with Gasteiger partial charge in [0.05, 0.1) is 4.90 Å². The van der Waals surface area contributed by atoms with Crippen LogP contribution in [0.2, 0.25) is 0 Å². The van der Waals surface area contributed by atoms with E-state index in [9.17, 15) is 8.42 Å².